The maximum absolute atomic E-state index is 5.33. The van der Waals surface area contributed by atoms with Gasteiger partial charge in [0.25, 0.3) is 0 Å². The first-order valence-electron chi connectivity index (χ1n) is 4.97. The zero-order chi connectivity index (χ0) is 11.0. The summed E-state index contributed by atoms with van der Waals surface area (Å²) in [5, 5.41) is 6.48. The van der Waals surface area contributed by atoms with Crippen molar-refractivity contribution in [3.63, 3.8) is 0 Å². The Hall–Kier alpha value is -1.94. The Morgan fingerprint density at radius 3 is 2.50 bits per heavy atom. The number of anilines is 3. The lowest BCUT2D eigenvalue weighted by Crippen LogP contribution is -2.09. The molecule has 0 aliphatic carbocycles. The molecule has 1 aromatic heterocycles. The summed E-state index contributed by atoms with van der Waals surface area (Å²) in [6.45, 7) is 0. The number of nitrogens with one attached hydrogen (secondary N) is 2. The number of para-hydroxylation sites is 2. The number of hydrogen-bond acceptors (Lipinski definition) is 3. The fourth-order valence-electron chi connectivity index (χ4n) is 1.71. The van der Waals surface area contributed by atoms with E-state index < -0.39 is 0 Å². The van der Waals surface area contributed by atoms with Crippen molar-refractivity contribution in [2.75, 3.05) is 10.6 Å². The zero-order valence-electron chi connectivity index (χ0n) is 8.40. The number of nitrogens with zero attached hydrogens (tertiary/aromatic N) is 1. The number of hydrogen-bond donors (Lipinski definition) is 2. The number of fused-ring (bicyclic) bond motifs is 2. The Morgan fingerprint density at radius 2 is 1.69 bits per heavy atom. The van der Waals surface area contributed by atoms with E-state index >= 15 is 0 Å². The summed E-state index contributed by atoms with van der Waals surface area (Å²) in [5.41, 5.74) is 2.89. The van der Waals surface area contributed by atoms with Gasteiger partial charge in [0, 0.05) is 6.20 Å². The van der Waals surface area contributed by atoms with E-state index in [1.807, 2.05) is 36.4 Å². The topological polar surface area (TPSA) is 37.0 Å². The van der Waals surface area contributed by atoms with Crippen molar-refractivity contribution in [1.82, 2.24) is 4.98 Å². The minimum absolute atomic E-state index is 0.695. The highest BCUT2D eigenvalue weighted by Crippen LogP contribution is 2.30. The largest absolute Gasteiger partial charge is 0.344 e. The molecule has 1 aromatic carbocycles. The van der Waals surface area contributed by atoms with E-state index in [9.17, 15) is 0 Å². The van der Waals surface area contributed by atoms with E-state index in [-0.39, 0.29) is 0 Å². The second-order valence-corrected chi connectivity index (χ2v) is 3.93. The number of aromatic nitrogens is 1. The molecule has 0 radical (unpaired) electrons. The Balaban J connectivity index is 2.18. The van der Waals surface area contributed by atoms with Gasteiger partial charge in [0.2, 0.25) is 0 Å². The number of rotatable bonds is 0. The number of thiocarbonyl (C=S) groups is 1. The highest BCUT2D eigenvalue weighted by atomic mass is 32.1. The molecule has 4 heteroatoms. The predicted octanol–water partition coefficient (Wildman–Crippen LogP) is 2.93. The molecular weight excluding hydrogens is 218 g/mol. The summed E-state index contributed by atoms with van der Waals surface area (Å²) >= 11 is 5.33. The third-order valence-electron chi connectivity index (χ3n) is 2.48. The van der Waals surface area contributed by atoms with Crippen molar-refractivity contribution < 1.29 is 0 Å². The van der Waals surface area contributed by atoms with Crippen LogP contribution in [0.25, 0.3) is 0 Å². The normalized spacial score (nSPS) is 12.9. The molecule has 0 amide bonds. The van der Waals surface area contributed by atoms with Gasteiger partial charge in [-0.05, 0) is 24.3 Å². The summed E-state index contributed by atoms with van der Waals surface area (Å²) in [7, 11) is 0. The van der Waals surface area contributed by atoms with Crippen molar-refractivity contribution in [1.29, 1.82) is 0 Å². The predicted molar refractivity (Wildman–Crippen MR) is 69.3 cm³/mol. The van der Waals surface area contributed by atoms with E-state index in [4.69, 9.17) is 12.2 Å². The third-order valence-corrected chi connectivity index (χ3v) is 2.80. The van der Waals surface area contributed by atoms with Crippen LogP contribution in [0, 0.1) is 0 Å². The highest BCUT2D eigenvalue weighted by Gasteiger charge is 2.15. The molecule has 1 aliphatic rings. The van der Waals surface area contributed by atoms with Crippen LogP contribution < -0.4 is 10.6 Å². The van der Waals surface area contributed by atoms with Crippen molar-refractivity contribution in [2.24, 2.45) is 0 Å². The van der Waals surface area contributed by atoms with Gasteiger partial charge < -0.3 is 10.6 Å². The van der Waals surface area contributed by atoms with E-state index in [1.165, 1.54) is 0 Å². The van der Waals surface area contributed by atoms with Crippen LogP contribution in [-0.2, 0) is 0 Å². The molecule has 2 N–H and O–H groups in total. The highest BCUT2D eigenvalue weighted by molar-refractivity contribution is 7.81. The van der Waals surface area contributed by atoms with Crippen molar-refractivity contribution in [3.05, 3.63) is 48.2 Å². The lowest BCUT2D eigenvalue weighted by molar-refractivity contribution is 1.31. The molecule has 0 unspecified atom stereocenters. The summed E-state index contributed by atoms with van der Waals surface area (Å²) in [5.74, 6) is 0.796. The molecule has 0 atom stereocenters. The molecular formula is C12H9N3S. The summed E-state index contributed by atoms with van der Waals surface area (Å²) in [6.07, 6.45) is 1.75. The van der Waals surface area contributed by atoms with Gasteiger partial charge in [-0.25, -0.2) is 4.98 Å². The quantitative estimate of drug-likeness (QED) is 0.678. The summed E-state index contributed by atoms with van der Waals surface area (Å²) in [6, 6.07) is 11.8. The molecule has 0 saturated carbocycles. The van der Waals surface area contributed by atoms with Crippen molar-refractivity contribution >= 4 is 34.4 Å². The van der Waals surface area contributed by atoms with E-state index in [2.05, 4.69) is 15.6 Å². The van der Waals surface area contributed by atoms with E-state index in [0.29, 0.717) is 4.99 Å². The fraction of sp³-hybridized carbons (Fsp3) is 0. The average Bonchev–Trinajstić information content (AvgIpc) is 2.45. The van der Waals surface area contributed by atoms with Gasteiger partial charge in [-0.3, -0.25) is 0 Å². The standard InChI is InChI=1S/C12H9N3S/c16-12-8-4-3-7-13-11(8)14-9-5-1-2-6-10(9)15-12/h1-7H,(H,13,14)(H,15,16). The Kier molecular flexibility index (Phi) is 2.08. The van der Waals surface area contributed by atoms with Crippen LogP contribution in [0.2, 0.25) is 0 Å². The zero-order valence-corrected chi connectivity index (χ0v) is 9.21. The van der Waals surface area contributed by atoms with Crippen LogP contribution in [0.1, 0.15) is 5.56 Å². The van der Waals surface area contributed by atoms with Crippen LogP contribution >= 0.6 is 12.2 Å². The monoisotopic (exact) mass is 227 g/mol. The molecule has 1 aliphatic heterocycles. The van der Waals surface area contributed by atoms with Crippen molar-refractivity contribution in [3.8, 4) is 0 Å². The lowest BCUT2D eigenvalue weighted by Gasteiger charge is -2.06. The van der Waals surface area contributed by atoms with Gasteiger partial charge in [-0.1, -0.05) is 24.4 Å². The first-order chi connectivity index (χ1) is 7.84. The van der Waals surface area contributed by atoms with Crippen LogP contribution in [0.3, 0.4) is 0 Å². The van der Waals surface area contributed by atoms with Gasteiger partial charge in [0.05, 0.1) is 16.9 Å². The van der Waals surface area contributed by atoms with E-state index in [1.54, 1.807) is 6.20 Å². The lowest BCUT2D eigenvalue weighted by atomic mass is 10.2. The molecule has 0 spiro atoms. The Morgan fingerprint density at radius 1 is 0.938 bits per heavy atom. The van der Waals surface area contributed by atoms with Crippen LogP contribution in [0.5, 0.6) is 0 Å². The van der Waals surface area contributed by atoms with Gasteiger partial charge in [0.15, 0.2) is 0 Å². The molecule has 3 nitrogen and oxygen atoms in total. The Bertz CT molecular complexity index is 566. The fourth-order valence-corrected chi connectivity index (χ4v) is 1.98. The maximum Gasteiger partial charge on any atom is 0.140 e. The molecule has 0 bridgehead atoms. The molecule has 16 heavy (non-hydrogen) atoms. The first kappa shape index (κ1) is 9.30. The van der Waals surface area contributed by atoms with Gasteiger partial charge in [-0.2, -0.15) is 0 Å². The first-order valence-corrected chi connectivity index (χ1v) is 5.38. The van der Waals surface area contributed by atoms with Gasteiger partial charge >= 0.3 is 0 Å². The van der Waals surface area contributed by atoms with Crippen LogP contribution in [0.15, 0.2) is 42.6 Å². The molecule has 0 saturated heterocycles. The molecule has 3 rings (SSSR count). The minimum Gasteiger partial charge on any atom is -0.344 e. The second-order valence-electron chi connectivity index (χ2n) is 3.52. The molecule has 2 heterocycles. The van der Waals surface area contributed by atoms with Crippen LogP contribution in [0.4, 0.5) is 17.2 Å². The summed E-state index contributed by atoms with van der Waals surface area (Å²) in [4.78, 5) is 4.98. The average molecular weight is 227 g/mol. The molecule has 78 valence electrons. The third kappa shape index (κ3) is 1.44. The number of pyridine rings is 1. The van der Waals surface area contributed by atoms with Gasteiger partial charge in [0.1, 0.15) is 10.8 Å². The maximum atomic E-state index is 5.33. The van der Waals surface area contributed by atoms with Crippen molar-refractivity contribution in [2.45, 2.75) is 0 Å². The smallest absolute Gasteiger partial charge is 0.140 e. The van der Waals surface area contributed by atoms with Crippen LogP contribution in [-0.4, -0.2) is 9.97 Å². The molecule has 2 aromatic rings. The number of benzene rings is 1. The van der Waals surface area contributed by atoms with E-state index in [0.717, 1.165) is 22.8 Å². The minimum atomic E-state index is 0.695. The van der Waals surface area contributed by atoms with Gasteiger partial charge in [-0.15, -0.1) is 0 Å². The Labute approximate surface area is 98.5 Å². The second kappa shape index (κ2) is 3.57. The molecule has 0 fully saturated rings. The SMILES string of the molecule is S=C1Nc2ccccc2Nc2ncccc21. The summed E-state index contributed by atoms with van der Waals surface area (Å²) < 4.78 is 0.